The molecule has 0 radical (unpaired) electrons. The third kappa shape index (κ3) is 9.67. The lowest BCUT2D eigenvalue weighted by atomic mass is 9.84. The molecule has 8 nitrogen and oxygen atoms in total. The van der Waals surface area contributed by atoms with E-state index in [9.17, 15) is 9.59 Å². The summed E-state index contributed by atoms with van der Waals surface area (Å²) in [5.41, 5.74) is -0.522. The lowest BCUT2D eigenvalue weighted by molar-refractivity contribution is -0.155. The molecule has 1 aliphatic rings. The third-order valence-corrected chi connectivity index (χ3v) is 5.87. The molecule has 0 aromatic carbocycles. The Morgan fingerprint density at radius 2 is 1.84 bits per heavy atom. The average molecular weight is 451 g/mol. The molecule has 1 aromatic heterocycles. The molecule has 8 heteroatoms. The summed E-state index contributed by atoms with van der Waals surface area (Å²) < 4.78 is 11.1. The summed E-state index contributed by atoms with van der Waals surface area (Å²) in [6, 6.07) is 0. The smallest absolute Gasteiger partial charge is 0.307 e. The molecule has 1 aromatic rings. The number of likely N-dealkylation sites (N-methyl/N-ethyl adjacent to an activating group) is 2. The number of rotatable bonds is 11. The molecule has 1 atom stereocenters. The number of hydrogen-bond acceptors (Lipinski definition) is 7. The molecule has 1 amide bonds. The number of hydrogen-bond donors (Lipinski definition) is 0. The fourth-order valence-corrected chi connectivity index (χ4v) is 4.19. The van der Waals surface area contributed by atoms with E-state index in [1.165, 1.54) is 38.5 Å². The van der Waals surface area contributed by atoms with Crippen LogP contribution in [-0.2, 0) is 20.9 Å². The first kappa shape index (κ1) is 26.3. The van der Waals surface area contributed by atoms with E-state index >= 15 is 0 Å². The van der Waals surface area contributed by atoms with Gasteiger partial charge in [-0.3, -0.25) is 14.5 Å². The van der Waals surface area contributed by atoms with E-state index in [1.807, 2.05) is 32.7 Å². The minimum absolute atomic E-state index is 0.0155. The zero-order valence-corrected chi connectivity index (χ0v) is 20.9. The van der Waals surface area contributed by atoms with Gasteiger partial charge in [-0.25, -0.2) is 0 Å². The van der Waals surface area contributed by atoms with Crippen molar-refractivity contribution in [3.63, 3.8) is 0 Å². The molecule has 1 aliphatic carbocycles. The van der Waals surface area contributed by atoms with Crippen LogP contribution in [0.5, 0.6) is 0 Å². The summed E-state index contributed by atoms with van der Waals surface area (Å²) >= 11 is 0. The van der Waals surface area contributed by atoms with Crippen molar-refractivity contribution in [2.45, 2.75) is 96.6 Å². The van der Waals surface area contributed by atoms with E-state index < -0.39 is 5.60 Å². The van der Waals surface area contributed by atoms with Crippen molar-refractivity contribution in [3.05, 3.63) is 11.7 Å². The molecule has 0 spiro atoms. The number of ether oxygens (including phenoxy) is 1. The van der Waals surface area contributed by atoms with Crippen LogP contribution in [0, 0.1) is 5.92 Å². The predicted octanol–water partition coefficient (Wildman–Crippen LogP) is 4.16. The Bertz CT molecular complexity index is 720. The van der Waals surface area contributed by atoms with Gasteiger partial charge in [-0.15, -0.1) is 0 Å². The summed E-state index contributed by atoms with van der Waals surface area (Å²) in [4.78, 5) is 32.4. The summed E-state index contributed by atoms with van der Waals surface area (Å²) in [6.45, 7) is 6.31. The van der Waals surface area contributed by atoms with Gasteiger partial charge in [-0.1, -0.05) is 50.1 Å². The van der Waals surface area contributed by atoms with Crippen LogP contribution in [0.1, 0.15) is 96.2 Å². The van der Waals surface area contributed by atoms with Gasteiger partial charge >= 0.3 is 5.97 Å². The third-order valence-electron chi connectivity index (χ3n) is 5.87. The van der Waals surface area contributed by atoms with E-state index in [1.54, 1.807) is 19.0 Å². The maximum atomic E-state index is 12.5. The first-order valence-corrected chi connectivity index (χ1v) is 12.0. The second-order valence-electron chi connectivity index (χ2n) is 10.4. The second-order valence-corrected chi connectivity index (χ2v) is 10.4. The van der Waals surface area contributed by atoms with Gasteiger partial charge in [0.1, 0.15) is 5.60 Å². The Balaban J connectivity index is 1.98. The van der Waals surface area contributed by atoms with Crippen LogP contribution in [-0.4, -0.2) is 65.1 Å². The molecule has 0 aliphatic heterocycles. The van der Waals surface area contributed by atoms with E-state index in [0.29, 0.717) is 18.3 Å². The molecular formula is C24H42N4O4. The number of amides is 1. The Labute approximate surface area is 193 Å². The number of esters is 1. The summed E-state index contributed by atoms with van der Waals surface area (Å²) in [6.07, 6.45) is 9.95. The highest BCUT2D eigenvalue weighted by molar-refractivity contribution is 5.77. The summed E-state index contributed by atoms with van der Waals surface area (Å²) in [5.74, 6) is 1.43. The van der Waals surface area contributed by atoms with Gasteiger partial charge < -0.3 is 14.2 Å². The van der Waals surface area contributed by atoms with Crippen LogP contribution in [0.25, 0.3) is 0 Å². The maximum Gasteiger partial charge on any atom is 0.307 e. The Morgan fingerprint density at radius 3 is 2.47 bits per heavy atom. The van der Waals surface area contributed by atoms with Crippen molar-refractivity contribution in [1.82, 2.24) is 19.9 Å². The second kappa shape index (κ2) is 12.3. The lowest BCUT2D eigenvalue weighted by Crippen LogP contribution is -2.34. The monoisotopic (exact) mass is 450 g/mol. The van der Waals surface area contributed by atoms with Gasteiger partial charge in [-0.2, -0.15) is 4.98 Å². The van der Waals surface area contributed by atoms with Gasteiger partial charge in [-0.05, 0) is 40.2 Å². The quantitative estimate of drug-likeness (QED) is 0.468. The fraction of sp³-hybridized carbons (Fsp3) is 0.833. The molecule has 1 heterocycles. The minimum atomic E-state index is -0.522. The predicted molar refractivity (Wildman–Crippen MR) is 123 cm³/mol. The number of nitrogens with zero attached hydrogens (tertiary/aromatic N) is 4. The summed E-state index contributed by atoms with van der Waals surface area (Å²) in [7, 11) is 5.31. The molecule has 182 valence electrons. The van der Waals surface area contributed by atoms with Crippen molar-refractivity contribution >= 4 is 11.9 Å². The largest absolute Gasteiger partial charge is 0.460 e. The van der Waals surface area contributed by atoms with Gasteiger partial charge in [0.05, 0.1) is 19.5 Å². The van der Waals surface area contributed by atoms with E-state index in [2.05, 4.69) is 10.1 Å². The normalized spacial score (nSPS) is 16.2. The average Bonchev–Trinajstić information content (AvgIpc) is 3.14. The highest BCUT2D eigenvalue weighted by Gasteiger charge is 2.26. The molecule has 1 saturated carbocycles. The molecule has 0 unspecified atom stereocenters. The van der Waals surface area contributed by atoms with Gasteiger partial charge in [0, 0.05) is 20.0 Å². The molecular weight excluding hydrogens is 408 g/mol. The molecule has 0 saturated heterocycles. The molecule has 32 heavy (non-hydrogen) atoms. The highest BCUT2D eigenvalue weighted by Crippen LogP contribution is 2.31. The molecule has 2 rings (SSSR count). The van der Waals surface area contributed by atoms with Crippen molar-refractivity contribution < 1.29 is 18.8 Å². The zero-order chi connectivity index (χ0) is 23.7. The lowest BCUT2D eigenvalue weighted by Gasteiger charge is -2.23. The van der Waals surface area contributed by atoms with Crippen LogP contribution in [0.3, 0.4) is 0 Å². The SMILES string of the molecule is CN(CC(=O)N(C)C)Cc1noc([C@H](CCCC2CCCCC2)CC(=O)OC(C)(C)C)n1. The Morgan fingerprint density at radius 1 is 1.16 bits per heavy atom. The first-order chi connectivity index (χ1) is 15.0. The van der Waals surface area contributed by atoms with Crippen LogP contribution in [0.15, 0.2) is 4.52 Å². The van der Waals surface area contributed by atoms with Gasteiger partial charge in [0.15, 0.2) is 5.82 Å². The summed E-state index contributed by atoms with van der Waals surface area (Å²) in [5, 5.41) is 4.10. The number of carbonyl (C=O) groups is 2. The maximum absolute atomic E-state index is 12.5. The minimum Gasteiger partial charge on any atom is -0.460 e. The topological polar surface area (TPSA) is 88.8 Å². The fourth-order valence-electron chi connectivity index (χ4n) is 4.19. The number of aromatic nitrogens is 2. The van der Waals surface area contributed by atoms with Gasteiger partial charge in [0.2, 0.25) is 11.8 Å². The first-order valence-electron chi connectivity index (χ1n) is 12.0. The van der Waals surface area contributed by atoms with Crippen LogP contribution >= 0.6 is 0 Å². The highest BCUT2D eigenvalue weighted by atomic mass is 16.6. The molecule has 1 fully saturated rings. The standard InChI is InChI=1S/C24H42N4O4/c1-24(2,3)31-22(30)15-19(14-10-13-18-11-8-7-9-12-18)23-25-20(26-32-23)16-28(6)17-21(29)27(4)5/h18-19H,7-17H2,1-6H3/t19-/m1/s1. The Hall–Kier alpha value is -1.96. The van der Waals surface area contributed by atoms with Crippen molar-refractivity contribution in [2.24, 2.45) is 5.92 Å². The zero-order valence-electron chi connectivity index (χ0n) is 20.9. The van der Waals surface area contributed by atoms with Crippen molar-refractivity contribution in [3.8, 4) is 0 Å². The van der Waals surface area contributed by atoms with E-state index in [0.717, 1.165) is 18.8 Å². The van der Waals surface area contributed by atoms with Crippen molar-refractivity contribution in [1.29, 1.82) is 0 Å². The van der Waals surface area contributed by atoms with E-state index in [-0.39, 0.29) is 30.8 Å². The number of carbonyl (C=O) groups excluding carboxylic acids is 2. The van der Waals surface area contributed by atoms with Gasteiger partial charge in [0.25, 0.3) is 0 Å². The molecule has 0 bridgehead atoms. The van der Waals surface area contributed by atoms with E-state index in [4.69, 9.17) is 9.26 Å². The van der Waals surface area contributed by atoms with Crippen LogP contribution < -0.4 is 0 Å². The van der Waals surface area contributed by atoms with Crippen LogP contribution in [0.2, 0.25) is 0 Å². The van der Waals surface area contributed by atoms with Crippen molar-refractivity contribution in [2.75, 3.05) is 27.7 Å². The Kier molecular flexibility index (Phi) is 10.1. The molecule has 0 N–H and O–H groups in total. The van der Waals surface area contributed by atoms with Crippen LogP contribution in [0.4, 0.5) is 0 Å².